The van der Waals surface area contributed by atoms with Crippen LogP contribution < -0.4 is 9.64 Å². The van der Waals surface area contributed by atoms with Crippen molar-refractivity contribution in [1.29, 1.82) is 0 Å². The number of carbonyl (C=O) groups excluding carboxylic acids is 1. The molecule has 0 radical (unpaired) electrons. The van der Waals surface area contributed by atoms with Gasteiger partial charge in [-0.2, -0.15) is 0 Å². The minimum absolute atomic E-state index is 0.380. The Morgan fingerprint density at radius 3 is 2.78 bits per heavy atom. The number of rotatable bonds is 3. The lowest BCUT2D eigenvalue weighted by Crippen LogP contribution is -2.32. The van der Waals surface area contributed by atoms with Gasteiger partial charge in [0.25, 0.3) is 0 Å². The summed E-state index contributed by atoms with van der Waals surface area (Å²) in [4.78, 5) is 19.1. The third kappa shape index (κ3) is 3.64. The molecule has 0 aliphatic carbocycles. The van der Waals surface area contributed by atoms with E-state index in [1.807, 2.05) is 13.0 Å². The van der Waals surface area contributed by atoms with E-state index in [0.717, 1.165) is 31.5 Å². The van der Waals surface area contributed by atoms with Crippen molar-refractivity contribution < 1.29 is 9.53 Å². The molecular weight excluding hydrogens is 312 g/mol. The van der Waals surface area contributed by atoms with Gasteiger partial charge in [0.05, 0.1) is 5.02 Å². The van der Waals surface area contributed by atoms with E-state index in [1.165, 1.54) is 6.42 Å². The highest BCUT2D eigenvalue weighted by molar-refractivity contribution is 6.32. The minimum atomic E-state index is -0.425. The van der Waals surface area contributed by atoms with E-state index in [4.69, 9.17) is 16.3 Å². The summed E-state index contributed by atoms with van der Waals surface area (Å²) in [6.45, 7) is 3.77. The van der Waals surface area contributed by atoms with Crippen molar-refractivity contribution in [2.75, 3.05) is 18.0 Å². The van der Waals surface area contributed by atoms with Crippen molar-refractivity contribution in [3.05, 3.63) is 52.7 Å². The molecule has 1 aliphatic heterocycles. The second-order valence-corrected chi connectivity index (χ2v) is 6.15. The van der Waals surface area contributed by atoms with Crippen LogP contribution >= 0.6 is 11.6 Å². The standard InChI is InChI=1S/C18H19ClN2O2/c1-13-7-8-15(19)16(12-13)23-18(22)14-6-5-9-20-17(14)21-10-3-2-4-11-21/h5-9,12H,2-4,10-11H2,1H3. The molecule has 2 aromatic rings. The maximum atomic E-state index is 12.6. The topological polar surface area (TPSA) is 42.4 Å². The molecule has 0 spiro atoms. The average Bonchev–Trinajstić information content (AvgIpc) is 2.59. The minimum Gasteiger partial charge on any atom is -0.421 e. The summed E-state index contributed by atoms with van der Waals surface area (Å²) in [5.74, 6) is 0.650. The van der Waals surface area contributed by atoms with Gasteiger partial charge in [0.1, 0.15) is 17.1 Å². The predicted molar refractivity (Wildman–Crippen MR) is 91.4 cm³/mol. The van der Waals surface area contributed by atoms with E-state index in [2.05, 4.69) is 9.88 Å². The third-order valence-electron chi connectivity index (χ3n) is 3.95. The molecule has 0 N–H and O–H groups in total. The molecule has 23 heavy (non-hydrogen) atoms. The number of hydrogen-bond acceptors (Lipinski definition) is 4. The van der Waals surface area contributed by atoms with Gasteiger partial charge in [-0.05, 0) is 56.0 Å². The van der Waals surface area contributed by atoms with Gasteiger partial charge in [-0.15, -0.1) is 0 Å². The van der Waals surface area contributed by atoms with E-state index in [-0.39, 0.29) is 0 Å². The Kier molecular flexibility index (Phi) is 4.82. The van der Waals surface area contributed by atoms with Crippen molar-refractivity contribution in [3.8, 4) is 5.75 Å². The van der Waals surface area contributed by atoms with Gasteiger partial charge in [0.15, 0.2) is 0 Å². The van der Waals surface area contributed by atoms with Crippen LogP contribution in [0.1, 0.15) is 35.2 Å². The first-order valence-corrected chi connectivity index (χ1v) is 8.21. The predicted octanol–water partition coefficient (Wildman–Crippen LogP) is 4.25. The zero-order valence-corrected chi connectivity index (χ0v) is 13.8. The SMILES string of the molecule is Cc1ccc(Cl)c(OC(=O)c2cccnc2N2CCCCC2)c1. The molecule has 2 heterocycles. The van der Waals surface area contributed by atoms with Crippen molar-refractivity contribution in [2.24, 2.45) is 0 Å². The number of aromatic nitrogens is 1. The number of anilines is 1. The highest BCUT2D eigenvalue weighted by Crippen LogP contribution is 2.28. The second kappa shape index (κ2) is 7.01. The number of halogens is 1. The summed E-state index contributed by atoms with van der Waals surface area (Å²) in [5, 5.41) is 0.423. The number of esters is 1. The number of hydrogen-bond donors (Lipinski definition) is 0. The Balaban J connectivity index is 1.86. The number of benzene rings is 1. The number of ether oxygens (including phenoxy) is 1. The van der Waals surface area contributed by atoms with Gasteiger partial charge in [-0.1, -0.05) is 17.7 Å². The third-order valence-corrected chi connectivity index (χ3v) is 4.26. The van der Waals surface area contributed by atoms with E-state index >= 15 is 0 Å². The summed E-state index contributed by atoms with van der Waals surface area (Å²) in [6, 6.07) is 8.87. The molecule has 1 aromatic carbocycles. The zero-order valence-electron chi connectivity index (χ0n) is 13.1. The van der Waals surface area contributed by atoms with E-state index < -0.39 is 5.97 Å². The molecule has 0 saturated carbocycles. The fourth-order valence-electron chi connectivity index (χ4n) is 2.76. The molecule has 3 rings (SSSR count). The first-order valence-electron chi connectivity index (χ1n) is 7.83. The number of aryl methyl sites for hydroxylation is 1. The van der Waals surface area contributed by atoms with Gasteiger partial charge >= 0.3 is 5.97 Å². The van der Waals surface area contributed by atoms with Gasteiger partial charge in [-0.25, -0.2) is 9.78 Å². The summed E-state index contributed by atoms with van der Waals surface area (Å²) in [6.07, 6.45) is 5.17. The van der Waals surface area contributed by atoms with Crippen molar-refractivity contribution in [3.63, 3.8) is 0 Å². The summed E-state index contributed by atoms with van der Waals surface area (Å²) >= 11 is 6.11. The monoisotopic (exact) mass is 330 g/mol. The molecule has 1 aliphatic rings. The maximum Gasteiger partial charge on any atom is 0.347 e. The van der Waals surface area contributed by atoms with E-state index in [1.54, 1.807) is 30.5 Å². The number of carbonyl (C=O) groups is 1. The van der Waals surface area contributed by atoms with Crippen molar-refractivity contribution >= 4 is 23.4 Å². The van der Waals surface area contributed by atoms with Crippen LogP contribution in [0, 0.1) is 6.92 Å². The molecule has 5 heteroatoms. The molecule has 0 unspecified atom stereocenters. The molecule has 0 atom stereocenters. The molecule has 1 saturated heterocycles. The van der Waals surface area contributed by atoms with Gasteiger partial charge in [-0.3, -0.25) is 0 Å². The van der Waals surface area contributed by atoms with Crippen LogP contribution in [0.5, 0.6) is 5.75 Å². The summed E-state index contributed by atoms with van der Waals surface area (Å²) in [7, 11) is 0. The fraction of sp³-hybridized carbons (Fsp3) is 0.333. The summed E-state index contributed by atoms with van der Waals surface area (Å²) in [5.41, 5.74) is 1.46. The van der Waals surface area contributed by atoms with Crippen LogP contribution in [0.25, 0.3) is 0 Å². The van der Waals surface area contributed by atoms with Crippen LogP contribution in [0.3, 0.4) is 0 Å². The second-order valence-electron chi connectivity index (χ2n) is 5.75. The van der Waals surface area contributed by atoms with Gasteiger partial charge < -0.3 is 9.64 Å². The smallest absolute Gasteiger partial charge is 0.347 e. The first-order chi connectivity index (χ1) is 11.1. The Morgan fingerprint density at radius 1 is 1.22 bits per heavy atom. The van der Waals surface area contributed by atoms with Crippen LogP contribution in [0.2, 0.25) is 5.02 Å². The number of piperidine rings is 1. The molecule has 4 nitrogen and oxygen atoms in total. The Morgan fingerprint density at radius 2 is 2.00 bits per heavy atom. The van der Waals surface area contributed by atoms with Gasteiger partial charge in [0, 0.05) is 19.3 Å². The van der Waals surface area contributed by atoms with Gasteiger partial charge in [0.2, 0.25) is 0 Å². The lowest BCUT2D eigenvalue weighted by atomic mass is 10.1. The number of nitrogens with zero attached hydrogens (tertiary/aromatic N) is 2. The largest absolute Gasteiger partial charge is 0.421 e. The molecular formula is C18H19ClN2O2. The van der Waals surface area contributed by atoms with Crippen molar-refractivity contribution in [2.45, 2.75) is 26.2 Å². The summed E-state index contributed by atoms with van der Waals surface area (Å²) < 4.78 is 5.51. The molecule has 0 bridgehead atoms. The molecule has 1 fully saturated rings. The van der Waals surface area contributed by atoms with E-state index in [9.17, 15) is 4.79 Å². The van der Waals surface area contributed by atoms with Crippen LogP contribution in [-0.2, 0) is 0 Å². The lowest BCUT2D eigenvalue weighted by Gasteiger charge is -2.28. The lowest BCUT2D eigenvalue weighted by molar-refractivity contribution is 0.0735. The highest BCUT2D eigenvalue weighted by Gasteiger charge is 2.21. The molecule has 120 valence electrons. The quantitative estimate of drug-likeness (QED) is 0.623. The average molecular weight is 331 g/mol. The van der Waals surface area contributed by atoms with Crippen molar-refractivity contribution in [1.82, 2.24) is 4.98 Å². The van der Waals surface area contributed by atoms with Crippen LogP contribution in [-0.4, -0.2) is 24.0 Å². The fourth-order valence-corrected chi connectivity index (χ4v) is 2.91. The Bertz CT molecular complexity index is 712. The van der Waals surface area contributed by atoms with E-state index in [0.29, 0.717) is 22.2 Å². The Labute approximate surface area is 141 Å². The molecule has 0 amide bonds. The zero-order chi connectivity index (χ0) is 16.2. The normalized spacial score (nSPS) is 14.6. The Hall–Kier alpha value is -2.07. The first kappa shape index (κ1) is 15.8. The maximum absolute atomic E-state index is 12.6. The molecule has 1 aromatic heterocycles. The highest BCUT2D eigenvalue weighted by atomic mass is 35.5. The number of pyridine rings is 1. The van der Waals surface area contributed by atoms with Crippen LogP contribution in [0.15, 0.2) is 36.5 Å². The van der Waals surface area contributed by atoms with Crippen LogP contribution in [0.4, 0.5) is 5.82 Å².